The Labute approximate surface area is 125 Å². The van der Waals surface area contributed by atoms with Crippen molar-refractivity contribution >= 4 is 0 Å². The normalized spacial score (nSPS) is 11.1. The molecule has 114 valence electrons. The van der Waals surface area contributed by atoms with E-state index in [-0.39, 0.29) is 0 Å². The summed E-state index contributed by atoms with van der Waals surface area (Å²) in [6, 6.07) is 4.77. The predicted molar refractivity (Wildman–Crippen MR) is 81.3 cm³/mol. The monoisotopic (exact) mass is 289 g/mol. The minimum absolute atomic E-state index is 0.298. The molecule has 1 aromatic heterocycles. The fraction of sp³-hybridized carbons (Fsp3) is 0.500. The first-order chi connectivity index (χ1) is 9.95. The highest BCUT2D eigenvalue weighted by Gasteiger charge is 2.09. The maximum atomic E-state index is 5.83. The largest absolute Gasteiger partial charge is 0.483 e. The fourth-order valence-corrected chi connectivity index (χ4v) is 2.22. The van der Waals surface area contributed by atoms with Crippen LogP contribution < -0.4 is 10.1 Å². The van der Waals surface area contributed by atoms with E-state index in [1.54, 1.807) is 6.92 Å². The third kappa shape index (κ3) is 4.29. The zero-order valence-electron chi connectivity index (χ0n) is 13.4. The van der Waals surface area contributed by atoms with E-state index in [0.29, 0.717) is 24.4 Å². The fourth-order valence-electron chi connectivity index (χ4n) is 2.22. The van der Waals surface area contributed by atoms with E-state index in [2.05, 4.69) is 55.3 Å². The molecule has 0 amide bonds. The highest BCUT2D eigenvalue weighted by Crippen LogP contribution is 2.25. The van der Waals surface area contributed by atoms with Crippen molar-refractivity contribution in [1.29, 1.82) is 0 Å². The number of benzene rings is 1. The third-order valence-electron chi connectivity index (χ3n) is 3.14. The van der Waals surface area contributed by atoms with Crippen LogP contribution in [0.5, 0.6) is 5.75 Å². The summed E-state index contributed by atoms with van der Waals surface area (Å²) in [5.41, 5.74) is 3.50. The van der Waals surface area contributed by atoms with Crippen molar-refractivity contribution in [2.24, 2.45) is 0 Å². The van der Waals surface area contributed by atoms with E-state index in [1.165, 1.54) is 5.56 Å². The van der Waals surface area contributed by atoms with Crippen LogP contribution in [0, 0.1) is 20.8 Å². The van der Waals surface area contributed by atoms with Crippen LogP contribution in [0.3, 0.4) is 0 Å². The minimum atomic E-state index is 0.298. The van der Waals surface area contributed by atoms with Crippen LogP contribution in [-0.2, 0) is 13.2 Å². The van der Waals surface area contributed by atoms with E-state index in [0.717, 1.165) is 23.4 Å². The lowest BCUT2D eigenvalue weighted by Gasteiger charge is -2.14. The van der Waals surface area contributed by atoms with Crippen LogP contribution in [0.15, 0.2) is 16.7 Å². The lowest BCUT2D eigenvalue weighted by molar-refractivity contribution is 0.240. The number of aromatic nitrogens is 2. The molecule has 1 heterocycles. The Hall–Kier alpha value is -1.88. The molecule has 1 aromatic carbocycles. The first-order valence-electron chi connectivity index (χ1n) is 7.21. The van der Waals surface area contributed by atoms with Gasteiger partial charge in [-0.05, 0) is 37.5 Å². The molecular weight excluding hydrogens is 266 g/mol. The number of rotatable bonds is 6. The predicted octanol–water partition coefficient (Wildman–Crippen LogP) is 3.07. The molecule has 2 aromatic rings. The topological polar surface area (TPSA) is 60.2 Å². The highest BCUT2D eigenvalue weighted by atomic mass is 16.5. The molecule has 0 spiro atoms. The number of ether oxygens (including phenoxy) is 1. The van der Waals surface area contributed by atoms with E-state index in [9.17, 15) is 0 Å². The van der Waals surface area contributed by atoms with Gasteiger partial charge >= 0.3 is 0 Å². The molecule has 5 heteroatoms. The van der Waals surface area contributed by atoms with Gasteiger partial charge < -0.3 is 14.6 Å². The molecule has 1 N–H and O–H groups in total. The lowest BCUT2D eigenvalue weighted by Crippen LogP contribution is -2.21. The zero-order chi connectivity index (χ0) is 15.4. The molecule has 0 bridgehead atoms. The van der Waals surface area contributed by atoms with E-state index in [4.69, 9.17) is 9.26 Å². The lowest BCUT2D eigenvalue weighted by atomic mass is 10.1. The van der Waals surface area contributed by atoms with Gasteiger partial charge in [-0.15, -0.1) is 0 Å². The Morgan fingerprint density at radius 1 is 1.19 bits per heavy atom. The Balaban J connectivity index is 2.06. The Bertz CT molecular complexity index is 582. The maximum Gasteiger partial charge on any atom is 0.264 e. The van der Waals surface area contributed by atoms with Crippen molar-refractivity contribution in [1.82, 2.24) is 15.5 Å². The molecule has 0 aliphatic carbocycles. The maximum absolute atomic E-state index is 5.83. The van der Waals surface area contributed by atoms with E-state index in [1.807, 2.05) is 0 Å². The molecule has 0 saturated carbocycles. The first kappa shape index (κ1) is 15.5. The summed E-state index contributed by atoms with van der Waals surface area (Å²) in [6.45, 7) is 11.3. The van der Waals surface area contributed by atoms with Gasteiger partial charge in [0.15, 0.2) is 12.4 Å². The number of nitrogens with one attached hydrogen (secondary N) is 1. The van der Waals surface area contributed by atoms with Crippen LogP contribution in [0.25, 0.3) is 0 Å². The number of hydrogen-bond acceptors (Lipinski definition) is 5. The van der Waals surface area contributed by atoms with Gasteiger partial charge in [-0.25, -0.2) is 0 Å². The summed E-state index contributed by atoms with van der Waals surface area (Å²) in [7, 11) is 0. The molecule has 0 atom stereocenters. The van der Waals surface area contributed by atoms with Crippen molar-refractivity contribution in [2.45, 2.75) is 53.8 Å². The molecule has 0 unspecified atom stereocenters. The van der Waals surface area contributed by atoms with Crippen molar-refractivity contribution in [3.8, 4) is 5.75 Å². The third-order valence-corrected chi connectivity index (χ3v) is 3.14. The van der Waals surface area contributed by atoms with Crippen LogP contribution in [-0.4, -0.2) is 16.2 Å². The molecular formula is C16H23N3O2. The van der Waals surface area contributed by atoms with Gasteiger partial charge in [-0.1, -0.05) is 31.1 Å². The molecule has 21 heavy (non-hydrogen) atoms. The molecule has 0 aliphatic rings. The second kappa shape index (κ2) is 6.72. The second-order valence-corrected chi connectivity index (χ2v) is 5.62. The van der Waals surface area contributed by atoms with Gasteiger partial charge in [-0.2, -0.15) is 4.98 Å². The average molecular weight is 289 g/mol. The summed E-state index contributed by atoms with van der Waals surface area (Å²) in [4.78, 5) is 4.14. The molecule has 0 fully saturated rings. The summed E-state index contributed by atoms with van der Waals surface area (Å²) in [5, 5.41) is 7.18. The smallest absolute Gasteiger partial charge is 0.264 e. The van der Waals surface area contributed by atoms with Crippen LogP contribution in [0.1, 0.15) is 42.3 Å². The SMILES string of the molecule is Cc1noc(COc2c(C)cc(CNC(C)C)cc2C)n1. The van der Waals surface area contributed by atoms with E-state index < -0.39 is 0 Å². The second-order valence-electron chi connectivity index (χ2n) is 5.62. The van der Waals surface area contributed by atoms with Crippen molar-refractivity contribution in [2.75, 3.05) is 0 Å². The summed E-state index contributed by atoms with van der Waals surface area (Å²) >= 11 is 0. The summed E-state index contributed by atoms with van der Waals surface area (Å²) in [6.07, 6.45) is 0. The van der Waals surface area contributed by atoms with Gasteiger partial charge in [-0.3, -0.25) is 0 Å². The first-order valence-corrected chi connectivity index (χ1v) is 7.21. The van der Waals surface area contributed by atoms with Gasteiger partial charge in [0.05, 0.1) is 0 Å². The van der Waals surface area contributed by atoms with Crippen LogP contribution >= 0.6 is 0 Å². The van der Waals surface area contributed by atoms with Gasteiger partial charge in [0.2, 0.25) is 0 Å². The minimum Gasteiger partial charge on any atom is -0.483 e. The molecule has 0 radical (unpaired) electrons. The van der Waals surface area contributed by atoms with E-state index >= 15 is 0 Å². The number of aryl methyl sites for hydroxylation is 3. The van der Waals surface area contributed by atoms with Crippen molar-refractivity contribution in [3.05, 3.63) is 40.5 Å². The molecule has 5 nitrogen and oxygen atoms in total. The molecule has 0 saturated heterocycles. The van der Waals surface area contributed by atoms with Crippen molar-refractivity contribution in [3.63, 3.8) is 0 Å². The average Bonchev–Trinajstić information content (AvgIpc) is 2.81. The standard InChI is InChI=1S/C16H23N3O2/c1-10(2)17-8-14-6-11(3)16(12(4)7-14)20-9-15-18-13(5)19-21-15/h6-7,10,17H,8-9H2,1-5H3. The van der Waals surface area contributed by atoms with Gasteiger partial charge in [0, 0.05) is 12.6 Å². The Morgan fingerprint density at radius 3 is 2.38 bits per heavy atom. The van der Waals surface area contributed by atoms with Gasteiger partial charge in [0.1, 0.15) is 5.75 Å². The molecule has 2 rings (SSSR count). The summed E-state index contributed by atoms with van der Waals surface area (Å²) < 4.78 is 10.9. The van der Waals surface area contributed by atoms with Gasteiger partial charge in [0.25, 0.3) is 5.89 Å². The number of hydrogen-bond donors (Lipinski definition) is 1. The van der Waals surface area contributed by atoms with Crippen LogP contribution in [0.4, 0.5) is 0 Å². The quantitative estimate of drug-likeness (QED) is 0.885. The van der Waals surface area contributed by atoms with Crippen molar-refractivity contribution < 1.29 is 9.26 Å². The van der Waals surface area contributed by atoms with Crippen LogP contribution in [0.2, 0.25) is 0 Å². The molecule has 0 aliphatic heterocycles. The summed E-state index contributed by atoms with van der Waals surface area (Å²) in [5.74, 6) is 2.01. The Kier molecular flexibility index (Phi) is 4.96. The highest BCUT2D eigenvalue weighted by molar-refractivity contribution is 5.43. The number of nitrogens with zero attached hydrogens (tertiary/aromatic N) is 2. The Morgan fingerprint density at radius 2 is 1.86 bits per heavy atom. The zero-order valence-corrected chi connectivity index (χ0v) is 13.4.